The summed E-state index contributed by atoms with van der Waals surface area (Å²) in [6.07, 6.45) is 1.29. The van der Waals surface area contributed by atoms with E-state index in [1.165, 1.54) is 11.8 Å². The van der Waals surface area contributed by atoms with Crippen LogP contribution in [0.3, 0.4) is 0 Å². The molecular formula is C17H24FN3O3S. The number of hydrogen-bond donors (Lipinski definition) is 2. The maximum Gasteiger partial charge on any atom is 0.317 e. The predicted octanol–water partition coefficient (Wildman–Crippen LogP) is 1.02. The van der Waals surface area contributed by atoms with E-state index < -0.39 is 24.0 Å². The molecule has 3 aliphatic heterocycles. The highest BCUT2D eigenvalue weighted by atomic mass is 32.2. The van der Waals surface area contributed by atoms with Crippen LogP contribution in [-0.2, 0) is 9.59 Å². The largest absolute Gasteiger partial charge is 0.481 e. The van der Waals surface area contributed by atoms with Crippen LogP contribution in [0.4, 0.5) is 4.39 Å². The van der Waals surface area contributed by atoms with Crippen LogP contribution in [0.5, 0.6) is 0 Å². The fraction of sp³-hybridized carbons (Fsp3) is 0.765. The Balaban J connectivity index is 1.56. The van der Waals surface area contributed by atoms with Crippen LogP contribution in [0.15, 0.2) is 11.6 Å². The van der Waals surface area contributed by atoms with Crippen molar-refractivity contribution in [2.75, 3.05) is 13.1 Å². The summed E-state index contributed by atoms with van der Waals surface area (Å²) < 4.78 is 14.9. The second-order valence-electron chi connectivity index (χ2n) is 7.63. The molecule has 1 aliphatic carbocycles. The minimum absolute atomic E-state index is 0.113. The molecule has 0 bridgehead atoms. The highest BCUT2D eigenvalue weighted by Gasteiger charge is 2.59. The summed E-state index contributed by atoms with van der Waals surface area (Å²) in [7, 11) is 0. The number of carboxylic acids is 1. The first-order valence-corrected chi connectivity index (χ1v) is 9.80. The van der Waals surface area contributed by atoms with Crippen LogP contribution in [0.1, 0.15) is 25.7 Å². The number of nitrogens with two attached hydrogens (primary N) is 1. The van der Waals surface area contributed by atoms with E-state index in [1.54, 1.807) is 0 Å². The summed E-state index contributed by atoms with van der Waals surface area (Å²) in [4.78, 5) is 28.4. The van der Waals surface area contributed by atoms with E-state index in [2.05, 4.69) is 11.5 Å². The molecule has 138 valence electrons. The summed E-state index contributed by atoms with van der Waals surface area (Å²) in [5, 5.41) is 9.87. The fourth-order valence-electron chi connectivity index (χ4n) is 4.93. The van der Waals surface area contributed by atoms with E-state index >= 15 is 0 Å². The summed E-state index contributed by atoms with van der Waals surface area (Å²) in [5.74, 6) is -3.04. The van der Waals surface area contributed by atoms with Crippen LogP contribution < -0.4 is 5.73 Å². The minimum Gasteiger partial charge on any atom is -0.481 e. The smallest absolute Gasteiger partial charge is 0.317 e. The van der Waals surface area contributed by atoms with Gasteiger partial charge in [0.05, 0.1) is 5.03 Å². The zero-order chi connectivity index (χ0) is 17.9. The van der Waals surface area contributed by atoms with Crippen molar-refractivity contribution in [3.63, 3.8) is 0 Å². The average Bonchev–Trinajstić information content (AvgIpc) is 2.55. The van der Waals surface area contributed by atoms with Crippen LogP contribution in [0.25, 0.3) is 0 Å². The number of Topliss-reactive ketones (excluding diaryl/α,β-unsaturated/α-hetero) is 1. The third-order valence-corrected chi connectivity index (χ3v) is 7.51. The number of alkyl halides is 1. The first-order valence-electron chi connectivity index (χ1n) is 8.92. The maximum absolute atomic E-state index is 14.9. The molecule has 6 atom stereocenters. The summed E-state index contributed by atoms with van der Waals surface area (Å²) in [5.41, 5.74) is 5.95. The lowest BCUT2D eigenvalue weighted by Crippen LogP contribution is -2.67. The van der Waals surface area contributed by atoms with Gasteiger partial charge in [-0.3, -0.25) is 14.5 Å². The van der Waals surface area contributed by atoms with Crippen molar-refractivity contribution in [3.05, 3.63) is 11.6 Å². The highest BCUT2D eigenvalue weighted by Crippen LogP contribution is 2.54. The predicted molar refractivity (Wildman–Crippen MR) is 92.5 cm³/mol. The first-order chi connectivity index (χ1) is 11.9. The monoisotopic (exact) mass is 369 g/mol. The molecule has 25 heavy (non-hydrogen) atoms. The Kier molecular flexibility index (Phi) is 4.32. The molecule has 4 aliphatic rings. The normalized spacial score (nSPS) is 42.6. The average molecular weight is 369 g/mol. The molecule has 8 heteroatoms. The van der Waals surface area contributed by atoms with Crippen LogP contribution in [0.2, 0.25) is 0 Å². The molecule has 6 nitrogen and oxygen atoms in total. The van der Waals surface area contributed by atoms with Crippen LogP contribution in [-0.4, -0.2) is 69.4 Å². The lowest BCUT2D eigenvalue weighted by molar-refractivity contribution is -0.156. The number of fused-ring (bicyclic) bond motifs is 3. The Morgan fingerprint density at radius 1 is 1.28 bits per heavy atom. The molecule has 1 saturated carbocycles. The van der Waals surface area contributed by atoms with Crippen LogP contribution in [0, 0.1) is 11.8 Å². The van der Waals surface area contributed by atoms with Gasteiger partial charge in [0.15, 0.2) is 5.78 Å². The summed E-state index contributed by atoms with van der Waals surface area (Å²) >= 11 is 1.35. The van der Waals surface area contributed by atoms with Gasteiger partial charge in [-0.15, -0.1) is 0 Å². The quantitative estimate of drug-likeness (QED) is 0.703. The molecule has 4 fully saturated rings. The van der Waals surface area contributed by atoms with Gasteiger partial charge in [-0.2, -0.15) is 0 Å². The molecule has 3 saturated heterocycles. The zero-order valence-electron chi connectivity index (χ0n) is 14.0. The number of hydrogen-bond acceptors (Lipinski definition) is 6. The second-order valence-corrected chi connectivity index (χ2v) is 8.82. The Hall–Kier alpha value is -1.12. The topological polar surface area (TPSA) is 86.9 Å². The van der Waals surface area contributed by atoms with Gasteiger partial charge in [-0.25, -0.2) is 4.39 Å². The van der Waals surface area contributed by atoms with E-state index in [4.69, 9.17) is 5.73 Å². The number of likely N-dealkylation sites (tertiary alicyclic amines) is 1. The van der Waals surface area contributed by atoms with Crippen molar-refractivity contribution in [3.8, 4) is 0 Å². The molecule has 3 heterocycles. The molecule has 3 N–H and O–H groups in total. The highest BCUT2D eigenvalue weighted by molar-refractivity contribution is 8.05. The van der Waals surface area contributed by atoms with Gasteiger partial charge < -0.3 is 15.7 Å². The third-order valence-electron chi connectivity index (χ3n) is 6.29. The van der Waals surface area contributed by atoms with Crippen molar-refractivity contribution in [1.29, 1.82) is 0 Å². The number of carbonyl (C=O) groups is 2. The van der Waals surface area contributed by atoms with E-state index in [0.29, 0.717) is 6.42 Å². The van der Waals surface area contributed by atoms with Crippen molar-refractivity contribution in [2.45, 2.75) is 55.4 Å². The van der Waals surface area contributed by atoms with Gasteiger partial charge in [0.25, 0.3) is 0 Å². The Morgan fingerprint density at radius 3 is 2.56 bits per heavy atom. The number of rotatable bonds is 2. The molecular weight excluding hydrogens is 345 g/mol. The number of piperidine rings is 2. The van der Waals surface area contributed by atoms with E-state index in [0.717, 1.165) is 31.0 Å². The van der Waals surface area contributed by atoms with Gasteiger partial charge in [-0.1, -0.05) is 18.3 Å². The van der Waals surface area contributed by atoms with E-state index in [-0.39, 0.29) is 35.7 Å². The van der Waals surface area contributed by atoms with E-state index in [9.17, 15) is 19.1 Å². The summed E-state index contributed by atoms with van der Waals surface area (Å²) in [6, 6.07) is -0.161. The van der Waals surface area contributed by atoms with Gasteiger partial charge in [0.2, 0.25) is 0 Å². The molecule has 0 aromatic carbocycles. The first kappa shape index (κ1) is 17.3. The van der Waals surface area contributed by atoms with Gasteiger partial charge >= 0.3 is 5.97 Å². The maximum atomic E-state index is 14.9. The lowest BCUT2D eigenvalue weighted by Gasteiger charge is -2.59. The molecule has 0 aromatic heterocycles. The molecule has 4 rings (SSSR count). The molecule has 0 amide bonds. The second kappa shape index (κ2) is 6.25. The lowest BCUT2D eigenvalue weighted by atomic mass is 9.71. The molecule has 6 unspecified atom stereocenters. The standard InChI is InChI=1S/C17H24FN3O3S/c1-8-21-12-7-13(20-4-2-9(19)3-5-20)11(18)6-10(12)15(22)14(17(23)24)16(21)25-8/h9-14,16H,1-7,19H2,(H,23,24). The van der Waals surface area contributed by atoms with Crippen molar-refractivity contribution in [1.82, 2.24) is 9.80 Å². The number of carboxylic acid groups (broad SMARTS) is 1. The van der Waals surface area contributed by atoms with Crippen molar-refractivity contribution in [2.24, 2.45) is 17.6 Å². The Morgan fingerprint density at radius 2 is 1.96 bits per heavy atom. The van der Waals surface area contributed by atoms with Crippen molar-refractivity contribution >= 4 is 23.5 Å². The van der Waals surface area contributed by atoms with Gasteiger partial charge in [0, 0.05) is 37.1 Å². The van der Waals surface area contributed by atoms with E-state index in [1.807, 2.05) is 4.90 Å². The Labute approximate surface area is 150 Å². The number of carbonyl (C=O) groups excluding carboxylic acids is 1. The number of nitrogens with zero attached hydrogens (tertiary/aromatic N) is 2. The fourth-order valence-corrected chi connectivity index (χ4v) is 6.20. The zero-order valence-corrected chi connectivity index (χ0v) is 14.8. The van der Waals surface area contributed by atoms with Crippen LogP contribution >= 0.6 is 11.8 Å². The Bertz CT molecular complexity index is 610. The van der Waals surface area contributed by atoms with Gasteiger partial charge in [0.1, 0.15) is 17.5 Å². The number of aliphatic carboxylic acids is 1. The summed E-state index contributed by atoms with van der Waals surface area (Å²) in [6.45, 7) is 5.55. The number of thioether (sulfide) groups is 1. The molecule has 0 aromatic rings. The minimum atomic E-state index is -1.11. The number of ketones is 1. The third kappa shape index (κ3) is 2.69. The molecule has 0 spiro atoms. The SMILES string of the molecule is C=C1SC2C(C(=O)O)C(=O)C3CC(F)C(N4CCC(N)CC4)CC3N12. The van der Waals surface area contributed by atoms with Gasteiger partial charge in [-0.05, 0) is 25.7 Å². The molecule has 0 radical (unpaired) electrons. The van der Waals surface area contributed by atoms with Crippen molar-refractivity contribution < 1.29 is 19.1 Å². The number of halogens is 1.